The van der Waals surface area contributed by atoms with Crippen LogP contribution in [0.5, 0.6) is 11.5 Å². The second kappa shape index (κ2) is 7.78. The van der Waals surface area contributed by atoms with Gasteiger partial charge in [-0.2, -0.15) is 5.10 Å². The number of nitrogens with zero attached hydrogens (tertiary/aromatic N) is 1. The predicted molar refractivity (Wildman–Crippen MR) is 94.3 cm³/mol. The Morgan fingerprint density at radius 2 is 2.12 bits per heavy atom. The molecule has 2 aromatic rings. The molecule has 2 atom stereocenters. The highest BCUT2D eigenvalue weighted by molar-refractivity contribution is 5.86. The molecule has 1 fully saturated rings. The Kier molecular flexibility index (Phi) is 5.27. The molecule has 25 heavy (non-hydrogen) atoms. The molecule has 0 bridgehead atoms. The van der Waals surface area contributed by atoms with Gasteiger partial charge < -0.3 is 9.84 Å². The van der Waals surface area contributed by atoms with Crippen molar-refractivity contribution in [2.24, 2.45) is 5.10 Å². The molecule has 7 heteroatoms. The van der Waals surface area contributed by atoms with Crippen LogP contribution in [0.15, 0.2) is 53.6 Å². The molecule has 1 amide bonds. The van der Waals surface area contributed by atoms with E-state index in [1.54, 1.807) is 31.4 Å². The molecule has 3 rings (SSSR count). The molecule has 2 aromatic carbocycles. The van der Waals surface area contributed by atoms with Crippen LogP contribution < -0.4 is 21.0 Å². The monoisotopic (exact) mass is 340 g/mol. The van der Waals surface area contributed by atoms with Gasteiger partial charge >= 0.3 is 0 Å². The van der Waals surface area contributed by atoms with Crippen molar-refractivity contribution in [2.75, 3.05) is 7.11 Å². The van der Waals surface area contributed by atoms with Gasteiger partial charge in [-0.3, -0.25) is 4.79 Å². The zero-order valence-corrected chi connectivity index (χ0v) is 13.8. The fraction of sp³-hybridized carbons (Fsp3) is 0.222. The van der Waals surface area contributed by atoms with E-state index in [1.807, 2.05) is 24.3 Å². The molecule has 130 valence electrons. The second-order valence-electron chi connectivity index (χ2n) is 5.70. The van der Waals surface area contributed by atoms with Crippen molar-refractivity contribution < 1.29 is 14.6 Å². The van der Waals surface area contributed by atoms with E-state index in [0.29, 0.717) is 12.0 Å². The van der Waals surface area contributed by atoms with Crippen LogP contribution in [0.3, 0.4) is 0 Å². The largest absolute Gasteiger partial charge is 0.507 e. The minimum Gasteiger partial charge on any atom is -0.507 e. The number of hydrazine groups is 1. The van der Waals surface area contributed by atoms with Gasteiger partial charge in [-0.1, -0.05) is 24.3 Å². The summed E-state index contributed by atoms with van der Waals surface area (Å²) in [5, 5.41) is 13.6. The van der Waals surface area contributed by atoms with E-state index in [9.17, 15) is 9.90 Å². The third kappa shape index (κ3) is 4.14. The van der Waals surface area contributed by atoms with Crippen LogP contribution in [0, 0.1) is 0 Å². The Labute approximate surface area is 145 Å². The quantitative estimate of drug-likeness (QED) is 0.488. The van der Waals surface area contributed by atoms with Crippen molar-refractivity contribution in [3.05, 3.63) is 59.7 Å². The number of carbonyl (C=O) groups excluding carboxylic acids is 1. The molecule has 0 saturated carbocycles. The van der Waals surface area contributed by atoms with Gasteiger partial charge in [-0.05, 0) is 36.2 Å². The number of phenolic OH excluding ortho intramolecular Hbond substituents is 1. The number of carbonyl (C=O) groups is 1. The summed E-state index contributed by atoms with van der Waals surface area (Å²) < 4.78 is 5.23. The lowest BCUT2D eigenvalue weighted by molar-refractivity contribution is -0.122. The van der Waals surface area contributed by atoms with E-state index < -0.39 is 6.04 Å². The van der Waals surface area contributed by atoms with E-state index in [4.69, 9.17) is 4.74 Å². The molecule has 0 spiro atoms. The number of benzene rings is 2. The average molecular weight is 340 g/mol. The number of methoxy groups -OCH3 is 1. The molecular formula is C18H20N4O3. The Bertz CT molecular complexity index is 778. The summed E-state index contributed by atoms with van der Waals surface area (Å²) in [4.78, 5) is 12.2. The maximum atomic E-state index is 12.2. The summed E-state index contributed by atoms with van der Waals surface area (Å²) in [6, 6.07) is 14.1. The first-order valence-electron chi connectivity index (χ1n) is 7.93. The molecule has 1 saturated heterocycles. The molecule has 2 unspecified atom stereocenters. The number of hydrazone groups is 1. The summed E-state index contributed by atoms with van der Waals surface area (Å²) in [6.07, 6.45) is 2.00. The number of hydrogen-bond acceptors (Lipinski definition) is 6. The van der Waals surface area contributed by atoms with Crippen LogP contribution >= 0.6 is 0 Å². The molecule has 7 nitrogen and oxygen atoms in total. The molecule has 1 heterocycles. The number of hydrogen-bond donors (Lipinski definition) is 4. The SMILES string of the molecule is COc1cccc(C2CC(C(=O)N/N=C/c3ccccc3O)NN2)c1. The summed E-state index contributed by atoms with van der Waals surface area (Å²) >= 11 is 0. The van der Waals surface area contributed by atoms with Crippen LogP contribution in [-0.2, 0) is 4.79 Å². The normalized spacial score (nSPS) is 19.9. The summed E-state index contributed by atoms with van der Waals surface area (Å²) in [6.45, 7) is 0. The van der Waals surface area contributed by atoms with Gasteiger partial charge in [0.2, 0.25) is 0 Å². The molecule has 1 aliphatic heterocycles. The Morgan fingerprint density at radius 3 is 2.92 bits per heavy atom. The van der Waals surface area contributed by atoms with Crippen LogP contribution in [0.25, 0.3) is 0 Å². The summed E-state index contributed by atoms with van der Waals surface area (Å²) in [5.74, 6) is 0.642. The molecule has 4 N–H and O–H groups in total. The van der Waals surface area contributed by atoms with Crippen molar-refractivity contribution in [3.63, 3.8) is 0 Å². The van der Waals surface area contributed by atoms with Gasteiger partial charge in [0.15, 0.2) is 0 Å². The zero-order chi connectivity index (χ0) is 17.6. The van der Waals surface area contributed by atoms with E-state index in [0.717, 1.165) is 11.3 Å². The van der Waals surface area contributed by atoms with Crippen LogP contribution in [0.2, 0.25) is 0 Å². The van der Waals surface area contributed by atoms with Crippen molar-refractivity contribution in [1.82, 2.24) is 16.3 Å². The minimum atomic E-state index is -0.405. The maximum Gasteiger partial charge on any atom is 0.258 e. The number of nitrogens with one attached hydrogen (secondary N) is 3. The predicted octanol–water partition coefficient (Wildman–Crippen LogP) is 1.46. The molecule has 0 radical (unpaired) electrons. The van der Waals surface area contributed by atoms with Crippen molar-refractivity contribution in [3.8, 4) is 11.5 Å². The smallest absolute Gasteiger partial charge is 0.258 e. The first-order valence-corrected chi connectivity index (χ1v) is 7.93. The minimum absolute atomic E-state index is 0.00740. The third-order valence-electron chi connectivity index (χ3n) is 4.03. The first kappa shape index (κ1) is 16.9. The van der Waals surface area contributed by atoms with E-state index >= 15 is 0 Å². The summed E-state index contributed by atoms with van der Waals surface area (Å²) in [5.41, 5.74) is 10.2. The number of rotatable bonds is 5. The van der Waals surface area contributed by atoms with Crippen molar-refractivity contribution in [2.45, 2.75) is 18.5 Å². The number of phenols is 1. The second-order valence-corrected chi connectivity index (χ2v) is 5.70. The molecule has 0 aromatic heterocycles. The van der Waals surface area contributed by atoms with E-state index in [1.165, 1.54) is 6.21 Å². The Morgan fingerprint density at radius 1 is 1.28 bits per heavy atom. The zero-order valence-electron chi connectivity index (χ0n) is 13.8. The molecular weight excluding hydrogens is 320 g/mol. The number of amides is 1. The molecule has 1 aliphatic rings. The van der Waals surface area contributed by atoms with Gasteiger partial charge in [-0.15, -0.1) is 0 Å². The lowest BCUT2D eigenvalue weighted by Gasteiger charge is -2.10. The number of para-hydroxylation sites is 1. The van der Waals surface area contributed by atoms with Gasteiger partial charge in [0.25, 0.3) is 5.91 Å². The van der Waals surface area contributed by atoms with E-state index in [2.05, 4.69) is 21.4 Å². The highest BCUT2D eigenvalue weighted by Crippen LogP contribution is 2.25. The third-order valence-corrected chi connectivity index (χ3v) is 4.03. The molecule has 0 aliphatic carbocycles. The highest BCUT2D eigenvalue weighted by atomic mass is 16.5. The van der Waals surface area contributed by atoms with Crippen molar-refractivity contribution >= 4 is 12.1 Å². The Hall–Kier alpha value is -2.90. The van der Waals surface area contributed by atoms with E-state index in [-0.39, 0.29) is 17.7 Å². The number of aromatic hydroxyl groups is 1. The standard InChI is InChI=1S/C18H20N4O3/c1-25-14-7-4-6-12(9-14)15-10-16(21-20-15)18(24)22-19-11-13-5-2-3-8-17(13)23/h2-9,11,15-16,20-21,23H,10H2,1H3,(H,22,24)/b19-11+. The average Bonchev–Trinajstić information content (AvgIpc) is 3.13. The van der Waals surface area contributed by atoms with Gasteiger partial charge in [0.1, 0.15) is 17.5 Å². The van der Waals surface area contributed by atoms with Gasteiger partial charge in [0, 0.05) is 11.6 Å². The van der Waals surface area contributed by atoms with Crippen LogP contribution in [0.4, 0.5) is 0 Å². The topological polar surface area (TPSA) is 95.0 Å². The fourth-order valence-corrected chi connectivity index (χ4v) is 2.65. The highest BCUT2D eigenvalue weighted by Gasteiger charge is 2.30. The van der Waals surface area contributed by atoms with Crippen LogP contribution in [0.1, 0.15) is 23.6 Å². The Balaban J connectivity index is 1.56. The maximum absolute atomic E-state index is 12.2. The number of ether oxygens (including phenoxy) is 1. The van der Waals surface area contributed by atoms with Crippen molar-refractivity contribution in [1.29, 1.82) is 0 Å². The summed E-state index contributed by atoms with van der Waals surface area (Å²) in [7, 11) is 1.62. The van der Waals surface area contributed by atoms with Gasteiger partial charge in [0.05, 0.1) is 13.3 Å². The lowest BCUT2D eigenvalue weighted by atomic mass is 10.0. The lowest BCUT2D eigenvalue weighted by Crippen LogP contribution is -2.41. The van der Waals surface area contributed by atoms with Gasteiger partial charge in [-0.25, -0.2) is 16.3 Å². The van der Waals surface area contributed by atoms with Crippen LogP contribution in [-0.4, -0.2) is 30.4 Å². The first-order chi connectivity index (χ1) is 12.2. The fourth-order valence-electron chi connectivity index (χ4n) is 2.65.